The van der Waals surface area contributed by atoms with Gasteiger partial charge >= 0.3 is 12.1 Å². The van der Waals surface area contributed by atoms with Gasteiger partial charge in [-0.05, 0) is 46.3 Å². The molecule has 0 aromatic carbocycles. The largest absolute Gasteiger partial charge is 0.508 e. The number of aliphatic hydroxyl groups is 1. The molecule has 0 aliphatic heterocycles. The summed E-state index contributed by atoms with van der Waals surface area (Å²) in [6.07, 6.45) is 3.53. The molecule has 1 unspecified atom stereocenters. The van der Waals surface area contributed by atoms with Crippen molar-refractivity contribution in [3.05, 3.63) is 36.1 Å². The average Bonchev–Trinajstić information content (AvgIpc) is 2.32. The van der Waals surface area contributed by atoms with Gasteiger partial charge in [-0.3, -0.25) is 0 Å². The molecule has 0 saturated carbocycles. The lowest BCUT2D eigenvalue weighted by atomic mass is 10.1. The van der Waals surface area contributed by atoms with Crippen LogP contribution in [0.1, 0.15) is 34.1 Å². The molecule has 6 nitrogen and oxygen atoms in total. The van der Waals surface area contributed by atoms with Gasteiger partial charge < -0.3 is 20.3 Å². The van der Waals surface area contributed by atoms with Crippen LogP contribution in [0.15, 0.2) is 36.1 Å². The fraction of sp³-hybridized carbons (Fsp3) is 0.467. The number of nitrogens with one attached hydrogen (secondary N) is 1. The lowest BCUT2D eigenvalue weighted by Gasteiger charge is -2.22. The van der Waals surface area contributed by atoms with Crippen molar-refractivity contribution in [1.29, 1.82) is 0 Å². The Morgan fingerprint density at radius 3 is 2.29 bits per heavy atom. The zero-order valence-corrected chi connectivity index (χ0v) is 12.8. The highest BCUT2D eigenvalue weighted by Gasteiger charge is 2.23. The van der Waals surface area contributed by atoms with Crippen LogP contribution in [-0.4, -0.2) is 33.9 Å². The van der Waals surface area contributed by atoms with Gasteiger partial charge in [0, 0.05) is 0 Å². The predicted octanol–water partition coefficient (Wildman–Crippen LogP) is 2.93. The van der Waals surface area contributed by atoms with Crippen molar-refractivity contribution in [3.8, 4) is 0 Å². The third-order valence-corrected chi connectivity index (χ3v) is 2.26. The molecule has 0 saturated heterocycles. The molecule has 1 amide bonds. The number of carboxylic acid groups (broad SMARTS) is 1. The summed E-state index contributed by atoms with van der Waals surface area (Å²) in [5.74, 6) is -1.19. The van der Waals surface area contributed by atoms with Crippen molar-refractivity contribution in [2.45, 2.75) is 45.8 Å². The zero-order valence-electron chi connectivity index (χ0n) is 12.8. The van der Waals surface area contributed by atoms with Crippen molar-refractivity contribution in [2.75, 3.05) is 0 Å². The number of rotatable bonds is 6. The summed E-state index contributed by atoms with van der Waals surface area (Å²) in [6.45, 7) is 10.2. The molecule has 0 rings (SSSR count). The summed E-state index contributed by atoms with van der Waals surface area (Å²) in [5, 5.41) is 20.6. The Balaban J connectivity index is 4.75. The first-order valence-electron chi connectivity index (χ1n) is 6.46. The van der Waals surface area contributed by atoms with E-state index in [0.29, 0.717) is 5.57 Å². The highest BCUT2D eigenvalue weighted by Crippen LogP contribution is 2.10. The predicted molar refractivity (Wildman–Crippen MR) is 80.1 cm³/mol. The van der Waals surface area contributed by atoms with Crippen molar-refractivity contribution >= 4 is 12.1 Å². The van der Waals surface area contributed by atoms with Gasteiger partial charge in [0.15, 0.2) is 0 Å². The van der Waals surface area contributed by atoms with Crippen LogP contribution in [0, 0.1) is 0 Å². The second kappa shape index (κ2) is 8.14. The van der Waals surface area contributed by atoms with E-state index in [2.05, 4.69) is 11.9 Å². The summed E-state index contributed by atoms with van der Waals surface area (Å²) >= 11 is 0. The van der Waals surface area contributed by atoms with E-state index in [9.17, 15) is 14.7 Å². The van der Waals surface area contributed by atoms with Crippen LogP contribution in [0.4, 0.5) is 4.79 Å². The average molecular weight is 297 g/mol. The third-order valence-electron chi connectivity index (χ3n) is 2.26. The van der Waals surface area contributed by atoms with Gasteiger partial charge in [-0.15, -0.1) is 0 Å². The van der Waals surface area contributed by atoms with Crippen molar-refractivity contribution in [2.24, 2.45) is 0 Å². The number of carbonyl (C=O) groups is 2. The molecule has 3 N–H and O–H groups in total. The summed E-state index contributed by atoms with van der Waals surface area (Å²) in [7, 11) is 0. The maximum absolute atomic E-state index is 11.6. The van der Waals surface area contributed by atoms with Gasteiger partial charge in [-0.2, -0.15) is 0 Å². The summed E-state index contributed by atoms with van der Waals surface area (Å²) in [5.41, 5.74) is -0.0249. The van der Waals surface area contributed by atoms with Gasteiger partial charge in [-0.1, -0.05) is 18.2 Å². The lowest BCUT2D eigenvalue weighted by molar-refractivity contribution is -0.139. The first-order chi connectivity index (χ1) is 9.55. The number of aliphatic carboxylic acids is 1. The Hall–Kier alpha value is -2.24. The minimum absolute atomic E-state index is 0.0265. The number of hydrogen-bond acceptors (Lipinski definition) is 4. The molecule has 0 aromatic heterocycles. The molecule has 0 radical (unpaired) electrons. The van der Waals surface area contributed by atoms with Crippen molar-refractivity contribution in [3.63, 3.8) is 0 Å². The standard InChI is InChI=1S/C15H23NO5/c1-6-11(17)8-7-10(2)9-12(13(18)19)16-14(20)21-15(3,4)5/h6-8,12,17H,1,9H2,2-5H3,(H,16,20)(H,18,19)/b10-7+,11-8+. The van der Waals surface area contributed by atoms with Crippen LogP contribution in [-0.2, 0) is 9.53 Å². The molecule has 0 heterocycles. The molecule has 21 heavy (non-hydrogen) atoms. The molecule has 6 heteroatoms. The SMILES string of the molecule is C=C/C(O)=C\C=C(/C)CC(NC(=O)OC(C)(C)C)C(=O)O. The molecule has 0 aromatic rings. The van der Waals surface area contributed by atoms with Gasteiger partial charge in [0.05, 0.1) is 0 Å². The minimum atomic E-state index is -1.16. The molecular formula is C15H23NO5. The van der Waals surface area contributed by atoms with Gasteiger partial charge in [0.1, 0.15) is 17.4 Å². The second-order valence-corrected chi connectivity index (χ2v) is 5.55. The lowest BCUT2D eigenvalue weighted by Crippen LogP contribution is -2.43. The summed E-state index contributed by atoms with van der Waals surface area (Å²) in [4.78, 5) is 22.7. The van der Waals surface area contributed by atoms with Crippen LogP contribution in [0.25, 0.3) is 0 Å². The molecule has 0 aliphatic carbocycles. The Morgan fingerprint density at radius 1 is 1.29 bits per heavy atom. The number of aliphatic hydroxyl groups excluding tert-OH is 1. The maximum atomic E-state index is 11.6. The second-order valence-electron chi connectivity index (χ2n) is 5.55. The number of carbonyl (C=O) groups excluding carboxylic acids is 1. The van der Waals surface area contributed by atoms with E-state index in [0.717, 1.165) is 0 Å². The highest BCUT2D eigenvalue weighted by molar-refractivity contribution is 5.80. The zero-order chi connectivity index (χ0) is 16.6. The molecule has 1 atom stereocenters. The summed E-state index contributed by atoms with van der Waals surface area (Å²) < 4.78 is 5.02. The Bertz CT molecular complexity index is 457. The van der Waals surface area contributed by atoms with Crippen molar-refractivity contribution < 1.29 is 24.5 Å². The molecule has 118 valence electrons. The van der Waals surface area contributed by atoms with E-state index in [1.165, 1.54) is 12.2 Å². The fourth-order valence-corrected chi connectivity index (χ4v) is 1.34. The van der Waals surface area contributed by atoms with Crippen LogP contribution in [0.3, 0.4) is 0 Å². The highest BCUT2D eigenvalue weighted by atomic mass is 16.6. The van der Waals surface area contributed by atoms with E-state index in [1.807, 2.05) is 0 Å². The minimum Gasteiger partial charge on any atom is -0.508 e. The summed E-state index contributed by atoms with van der Waals surface area (Å²) in [6, 6.07) is -1.10. The molecular weight excluding hydrogens is 274 g/mol. The molecule has 0 bridgehead atoms. The maximum Gasteiger partial charge on any atom is 0.408 e. The van der Waals surface area contributed by atoms with Crippen molar-refractivity contribution in [1.82, 2.24) is 5.32 Å². The van der Waals surface area contributed by atoms with E-state index in [-0.39, 0.29) is 12.2 Å². The van der Waals surface area contributed by atoms with Gasteiger partial charge in [-0.25, -0.2) is 9.59 Å². The number of hydrogen-bond donors (Lipinski definition) is 3. The normalized spacial score (nSPS) is 14.3. The molecule has 0 aliphatic rings. The Labute approximate surface area is 124 Å². The third kappa shape index (κ3) is 9.32. The number of carboxylic acids is 1. The Kier molecular flexibility index (Phi) is 7.27. The number of alkyl carbamates (subject to hydrolysis) is 1. The fourth-order valence-electron chi connectivity index (χ4n) is 1.34. The van der Waals surface area contributed by atoms with E-state index < -0.39 is 23.7 Å². The number of amides is 1. The van der Waals surface area contributed by atoms with Crippen LogP contribution in [0.5, 0.6) is 0 Å². The first kappa shape index (κ1) is 18.8. The molecule has 0 spiro atoms. The van der Waals surface area contributed by atoms with E-state index in [4.69, 9.17) is 9.84 Å². The monoisotopic (exact) mass is 297 g/mol. The van der Waals surface area contributed by atoms with E-state index >= 15 is 0 Å². The van der Waals surface area contributed by atoms with Crippen LogP contribution in [0.2, 0.25) is 0 Å². The quantitative estimate of drug-likeness (QED) is 0.517. The number of ether oxygens (including phenoxy) is 1. The van der Waals surface area contributed by atoms with Gasteiger partial charge in [0.25, 0.3) is 0 Å². The smallest absolute Gasteiger partial charge is 0.408 e. The van der Waals surface area contributed by atoms with Gasteiger partial charge in [0.2, 0.25) is 0 Å². The first-order valence-corrected chi connectivity index (χ1v) is 6.46. The van der Waals surface area contributed by atoms with Crippen LogP contribution < -0.4 is 5.32 Å². The number of allylic oxidation sites excluding steroid dienone is 3. The topological polar surface area (TPSA) is 95.9 Å². The van der Waals surface area contributed by atoms with Crippen LogP contribution >= 0.6 is 0 Å². The Morgan fingerprint density at radius 2 is 1.86 bits per heavy atom. The van der Waals surface area contributed by atoms with E-state index in [1.54, 1.807) is 33.8 Å². The molecule has 0 fully saturated rings.